The minimum atomic E-state index is 0.126. The number of aryl methyl sites for hydroxylation is 2. The average Bonchev–Trinajstić information content (AvgIpc) is 2.73. The van der Waals surface area contributed by atoms with Gasteiger partial charge in [-0.2, -0.15) is 0 Å². The molecule has 0 saturated heterocycles. The van der Waals surface area contributed by atoms with E-state index in [1.54, 1.807) is 11.3 Å². The van der Waals surface area contributed by atoms with Crippen LogP contribution in [-0.4, -0.2) is 4.98 Å². The summed E-state index contributed by atoms with van der Waals surface area (Å²) in [5.74, 6) is 5.62. The summed E-state index contributed by atoms with van der Waals surface area (Å²) in [4.78, 5) is 4.46. The molecule has 1 heterocycles. The number of nitrogens with zero attached hydrogens (tertiary/aromatic N) is 1. The van der Waals surface area contributed by atoms with E-state index < -0.39 is 0 Å². The predicted molar refractivity (Wildman–Crippen MR) is 71.8 cm³/mol. The summed E-state index contributed by atoms with van der Waals surface area (Å²) in [6.07, 6.45) is 0.831. The number of hydrogen-bond acceptors (Lipinski definition) is 4. The molecule has 2 rings (SSSR count). The second-order valence-corrected chi connectivity index (χ2v) is 5.16. The summed E-state index contributed by atoms with van der Waals surface area (Å²) in [7, 11) is 0. The summed E-state index contributed by atoms with van der Waals surface area (Å²) in [6, 6.07) is 8.56. The van der Waals surface area contributed by atoms with Gasteiger partial charge >= 0.3 is 0 Å². The third-order valence-corrected chi connectivity index (χ3v) is 3.72. The highest BCUT2D eigenvalue weighted by molar-refractivity contribution is 7.09. The van der Waals surface area contributed by atoms with E-state index in [0.717, 1.165) is 17.1 Å². The number of thiazole rings is 1. The maximum atomic E-state index is 5.62. The quantitative estimate of drug-likeness (QED) is 0.644. The molecule has 0 aliphatic carbocycles. The summed E-state index contributed by atoms with van der Waals surface area (Å²) in [5.41, 5.74) is 6.39. The predicted octanol–water partition coefficient (Wildman–Crippen LogP) is 2.51. The van der Waals surface area contributed by atoms with Gasteiger partial charge in [-0.1, -0.05) is 29.8 Å². The van der Waals surface area contributed by atoms with Gasteiger partial charge in [0.1, 0.15) is 0 Å². The Morgan fingerprint density at radius 1 is 1.29 bits per heavy atom. The molecule has 0 spiro atoms. The lowest BCUT2D eigenvalue weighted by Gasteiger charge is -2.15. The number of benzene rings is 1. The third kappa shape index (κ3) is 3.12. The van der Waals surface area contributed by atoms with Gasteiger partial charge in [-0.25, -0.2) is 4.98 Å². The number of hydrogen-bond donors (Lipinski definition) is 2. The van der Waals surface area contributed by atoms with Crippen LogP contribution < -0.4 is 11.3 Å². The Morgan fingerprint density at radius 2 is 2.00 bits per heavy atom. The van der Waals surface area contributed by atoms with Crippen LogP contribution >= 0.6 is 11.3 Å². The lowest BCUT2D eigenvalue weighted by Crippen LogP contribution is -2.29. The number of aromatic nitrogens is 1. The van der Waals surface area contributed by atoms with Crippen molar-refractivity contribution in [3.8, 4) is 0 Å². The van der Waals surface area contributed by atoms with E-state index in [-0.39, 0.29) is 6.04 Å². The maximum Gasteiger partial charge on any atom is 0.0947 e. The van der Waals surface area contributed by atoms with Crippen molar-refractivity contribution < 1.29 is 0 Å². The second kappa shape index (κ2) is 5.40. The van der Waals surface area contributed by atoms with E-state index >= 15 is 0 Å². The van der Waals surface area contributed by atoms with Crippen molar-refractivity contribution in [1.82, 2.24) is 10.4 Å². The molecule has 0 aliphatic rings. The number of nitrogens with one attached hydrogen (secondary N) is 1. The first-order valence-electron chi connectivity index (χ1n) is 5.62. The summed E-state index contributed by atoms with van der Waals surface area (Å²) in [6.45, 7) is 4.09. The van der Waals surface area contributed by atoms with Gasteiger partial charge in [0.15, 0.2) is 0 Å². The van der Waals surface area contributed by atoms with Crippen molar-refractivity contribution >= 4 is 11.3 Å². The summed E-state index contributed by atoms with van der Waals surface area (Å²) >= 11 is 1.68. The Kier molecular flexibility index (Phi) is 3.89. The highest BCUT2D eigenvalue weighted by Gasteiger charge is 2.12. The fourth-order valence-electron chi connectivity index (χ4n) is 1.74. The first-order chi connectivity index (χ1) is 8.19. The lowest BCUT2D eigenvalue weighted by atomic mass is 10.0. The molecule has 3 nitrogen and oxygen atoms in total. The fraction of sp³-hybridized carbons (Fsp3) is 0.308. The summed E-state index contributed by atoms with van der Waals surface area (Å²) in [5, 5.41) is 3.18. The molecule has 0 amide bonds. The van der Waals surface area contributed by atoms with Gasteiger partial charge in [0.25, 0.3) is 0 Å². The van der Waals surface area contributed by atoms with Crippen molar-refractivity contribution in [3.63, 3.8) is 0 Å². The van der Waals surface area contributed by atoms with Gasteiger partial charge in [0.2, 0.25) is 0 Å². The van der Waals surface area contributed by atoms with Crippen molar-refractivity contribution in [2.45, 2.75) is 26.3 Å². The van der Waals surface area contributed by atoms with E-state index in [9.17, 15) is 0 Å². The number of hydrazine groups is 1. The maximum absolute atomic E-state index is 5.62. The van der Waals surface area contributed by atoms with Crippen LogP contribution in [0.15, 0.2) is 29.6 Å². The van der Waals surface area contributed by atoms with E-state index in [2.05, 4.69) is 47.0 Å². The Morgan fingerprint density at radius 3 is 2.53 bits per heavy atom. The van der Waals surface area contributed by atoms with Crippen LogP contribution in [0, 0.1) is 13.8 Å². The van der Waals surface area contributed by atoms with Gasteiger partial charge in [0, 0.05) is 17.5 Å². The van der Waals surface area contributed by atoms with Crippen molar-refractivity contribution in [1.29, 1.82) is 0 Å². The highest BCUT2D eigenvalue weighted by atomic mass is 32.1. The molecule has 90 valence electrons. The monoisotopic (exact) mass is 247 g/mol. The largest absolute Gasteiger partial charge is 0.271 e. The van der Waals surface area contributed by atoms with Crippen LogP contribution in [0.1, 0.15) is 27.9 Å². The second-order valence-electron chi connectivity index (χ2n) is 4.22. The molecule has 0 aliphatic heterocycles. The minimum absolute atomic E-state index is 0.126. The van der Waals surface area contributed by atoms with Gasteiger partial charge in [-0.15, -0.1) is 11.3 Å². The van der Waals surface area contributed by atoms with E-state index in [1.165, 1.54) is 11.1 Å². The molecule has 4 heteroatoms. The molecule has 1 aromatic heterocycles. The van der Waals surface area contributed by atoms with Crippen LogP contribution in [-0.2, 0) is 6.42 Å². The molecule has 0 bridgehead atoms. The van der Waals surface area contributed by atoms with Gasteiger partial charge in [-0.05, 0) is 19.4 Å². The zero-order valence-corrected chi connectivity index (χ0v) is 10.9. The van der Waals surface area contributed by atoms with Crippen molar-refractivity contribution in [2.75, 3.05) is 0 Å². The standard InChI is InChI=1S/C13H17N3S/c1-9-3-5-11(6-4-9)12(16-14)7-13-15-10(2)8-17-13/h3-6,8,12,16H,7,14H2,1-2H3. The average molecular weight is 247 g/mol. The minimum Gasteiger partial charge on any atom is -0.271 e. The zero-order valence-electron chi connectivity index (χ0n) is 10.1. The first kappa shape index (κ1) is 12.2. The molecular weight excluding hydrogens is 230 g/mol. The molecule has 0 radical (unpaired) electrons. The Hall–Kier alpha value is -1.23. The molecule has 1 aromatic carbocycles. The molecule has 17 heavy (non-hydrogen) atoms. The van der Waals surface area contributed by atoms with Crippen LogP contribution in [0.25, 0.3) is 0 Å². The van der Waals surface area contributed by atoms with E-state index in [1.807, 2.05) is 6.92 Å². The molecule has 0 saturated carbocycles. The molecule has 0 fully saturated rings. The van der Waals surface area contributed by atoms with Crippen molar-refractivity contribution in [3.05, 3.63) is 51.5 Å². The molecule has 2 aromatic rings. The molecule has 1 unspecified atom stereocenters. The lowest BCUT2D eigenvalue weighted by molar-refractivity contribution is 0.550. The van der Waals surface area contributed by atoms with Gasteiger partial charge < -0.3 is 0 Å². The third-order valence-electron chi connectivity index (χ3n) is 2.73. The Balaban J connectivity index is 2.13. The smallest absolute Gasteiger partial charge is 0.0947 e. The highest BCUT2D eigenvalue weighted by Crippen LogP contribution is 2.20. The zero-order chi connectivity index (χ0) is 12.3. The van der Waals surface area contributed by atoms with Crippen LogP contribution in [0.5, 0.6) is 0 Å². The summed E-state index contributed by atoms with van der Waals surface area (Å²) < 4.78 is 0. The molecular formula is C13H17N3S. The van der Waals surface area contributed by atoms with Gasteiger partial charge in [0.05, 0.1) is 11.0 Å². The first-order valence-corrected chi connectivity index (χ1v) is 6.50. The molecule has 3 N–H and O–H groups in total. The van der Waals surface area contributed by atoms with Crippen LogP contribution in [0.3, 0.4) is 0 Å². The van der Waals surface area contributed by atoms with E-state index in [4.69, 9.17) is 5.84 Å². The van der Waals surface area contributed by atoms with Gasteiger partial charge in [-0.3, -0.25) is 11.3 Å². The van der Waals surface area contributed by atoms with Crippen molar-refractivity contribution in [2.24, 2.45) is 5.84 Å². The van der Waals surface area contributed by atoms with E-state index in [0.29, 0.717) is 0 Å². The Labute approximate surface area is 106 Å². The SMILES string of the molecule is Cc1ccc(C(Cc2nc(C)cs2)NN)cc1. The normalized spacial score (nSPS) is 12.6. The Bertz CT molecular complexity index is 476. The van der Waals surface area contributed by atoms with Crippen LogP contribution in [0.4, 0.5) is 0 Å². The fourth-order valence-corrected chi connectivity index (χ4v) is 2.56. The van der Waals surface area contributed by atoms with Crippen LogP contribution in [0.2, 0.25) is 0 Å². The molecule has 1 atom stereocenters. The number of rotatable bonds is 4. The number of nitrogens with two attached hydrogens (primary N) is 1. The topological polar surface area (TPSA) is 50.9 Å².